The Morgan fingerprint density at radius 1 is 1.27 bits per heavy atom. The molecule has 0 saturated heterocycles. The van der Waals surface area contributed by atoms with Gasteiger partial charge < -0.3 is 16.8 Å². The number of guanidine groups is 1. The zero-order chi connectivity index (χ0) is 16.3. The third kappa shape index (κ3) is 3.97. The number of anilines is 1. The van der Waals surface area contributed by atoms with Gasteiger partial charge in [-0.3, -0.25) is 4.79 Å². The minimum Gasteiger partial charge on any atom is -0.381 e. The molecule has 1 fully saturated rings. The number of carbonyl (C=O) groups excluding carboxylic acids is 1. The topological polar surface area (TPSA) is 128 Å². The van der Waals surface area contributed by atoms with Crippen LogP contribution in [-0.4, -0.2) is 32.6 Å². The Morgan fingerprint density at radius 3 is 2.45 bits per heavy atom. The normalized spacial score (nSPS) is 15.5. The van der Waals surface area contributed by atoms with Gasteiger partial charge in [-0.25, -0.2) is 8.42 Å². The van der Waals surface area contributed by atoms with Crippen molar-refractivity contribution in [2.75, 3.05) is 11.6 Å². The second-order valence-electron chi connectivity index (χ2n) is 5.45. The zero-order valence-corrected chi connectivity index (χ0v) is 13.2. The molecule has 1 aliphatic carbocycles. The van der Waals surface area contributed by atoms with Crippen LogP contribution in [0.15, 0.2) is 28.1 Å². The first kappa shape index (κ1) is 16.3. The molecule has 1 aromatic rings. The lowest BCUT2D eigenvalue weighted by Crippen LogP contribution is -2.24. The minimum absolute atomic E-state index is 0.0797. The minimum atomic E-state index is -3.49. The second-order valence-corrected chi connectivity index (χ2v) is 7.43. The Hall–Kier alpha value is -2.09. The van der Waals surface area contributed by atoms with E-state index in [9.17, 15) is 13.2 Å². The van der Waals surface area contributed by atoms with E-state index in [1.54, 1.807) is 6.07 Å². The Kier molecular flexibility index (Phi) is 4.70. The lowest BCUT2D eigenvalue weighted by molar-refractivity contribution is 0.100. The van der Waals surface area contributed by atoms with Crippen LogP contribution in [0.5, 0.6) is 0 Å². The molecule has 0 aliphatic heterocycles. The van der Waals surface area contributed by atoms with Crippen molar-refractivity contribution in [2.24, 2.45) is 16.5 Å². The highest BCUT2D eigenvalue weighted by Gasteiger charge is 2.21. The molecule has 2 rings (SSSR count). The number of nitrogens with zero attached hydrogens (tertiary/aromatic N) is 1. The highest BCUT2D eigenvalue weighted by molar-refractivity contribution is 7.90. The van der Waals surface area contributed by atoms with Gasteiger partial charge in [0.15, 0.2) is 15.8 Å². The third-order valence-electron chi connectivity index (χ3n) is 3.57. The van der Waals surface area contributed by atoms with E-state index in [4.69, 9.17) is 11.5 Å². The van der Waals surface area contributed by atoms with E-state index in [0.29, 0.717) is 5.69 Å². The molecule has 1 amide bonds. The molecule has 5 N–H and O–H groups in total. The van der Waals surface area contributed by atoms with Crippen LogP contribution in [0, 0.1) is 0 Å². The SMILES string of the molecule is CS(=O)(=O)c1cc(C(=O)N=C(N)N)ccc1NC1CCCC1. The number of amides is 1. The van der Waals surface area contributed by atoms with Crippen LogP contribution in [0.25, 0.3) is 0 Å². The molecule has 0 unspecified atom stereocenters. The summed E-state index contributed by atoms with van der Waals surface area (Å²) in [5.41, 5.74) is 11.0. The zero-order valence-electron chi connectivity index (χ0n) is 12.4. The smallest absolute Gasteiger partial charge is 0.280 e. The Morgan fingerprint density at radius 2 is 1.91 bits per heavy atom. The lowest BCUT2D eigenvalue weighted by Gasteiger charge is -2.17. The summed E-state index contributed by atoms with van der Waals surface area (Å²) in [6.45, 7) is 0. The molecule has 0 atom stereocenters. The van der Waals surface area contributed by atoms with Crippen molar-refractivity contribution in [1.29, 1.82) is 0 Å². The average Bonchev–Trinajstić information content (AvgIpc) is 2.90. The van der Waals surface area contributed by atoms with Crippen molar-refractivity contribution in [3.05, 3.63) is 23.8 Å². The summed E-state index contributed by atoms with van der Waals surface area (Å²) in [5, 5.41) is 3.25. The maximum atomic E-state index is 12.0. The predicted molar refractivity (Wildman–Crippen MR) is 85.6 cm³/mol. The summed E-state index contributed by atoms with van der Waals surface area (Å²) in [7, 11) is -3.49. The van der Waals surface area contributed by atoms with Crippen LogP contribution in [-0.2, 0) is 9.84 Å². The van der Waals surface area contributed by atoms with E-state index < -0.39 is 15.7 Å². The Balaban J connectivity index is 2.38. The highest BCUT2D eigenvalue weighted by Crippen LogP contribution is 2.28. The van der Waals surface area contributed by atoms with Crippen molar-refractivity contribution in [1.82, 2.24) is 0 Å². The fourth-order valence-electron chi connectivity index (χ4n) is 2.55. The van der Waals surface area contributed by atoms with Gasteiger partial charge in [-0.1, -0.05) is 12.8 Å². The number of benzene rings is 1. The predicted octanol–water partition coefficient (Wildman–Crippen LogP) is 0.858. The Bertz CT molecular complexity index is 703. The fraction of sp³-hybridized carbons (Fsp3) is 0.429. The van der Waals surface area contributed by atoms with Gasteiger partial charge in [-0.05, 0) is 31.0 Å². The Labute approximate surface area is 129 Å². The lowest BCUT2D eigenvalue weighted by atomic mass is 10.1. The van der Waals surface area contributed by atoms with E-state index in [1.807, 2.05) is 0 Å². The van der Waals surface area contributed by atoms with E-state index in [0.717, 1.165) is 31.9 Å². The molecule has 120 valence electrons. The first-order chi connectivity index (χ1) is 10.3. The molecular formula is C14H20N4O3S. The summed E-state index contributed by atoms with van der Waals surface area (Å²) in [4.78, 5) is 15.3. The number of carbonyl (C=O) groups is 1. The van der Waals surface area contributed by atoms with E-state index in [2.05, 4.69) is 10.3 Å². The third-order valence-corrected chi connectivity index (χ3v) is 4.71. The summed E-state index contributed by atoms with van der Waals surface area (Å²) >= 11 is 0. The van der Waals surface area contributed by atoms with E-state index in [-0.39, 0.29) is 22.5 Å². The number of nitrogens with one attached hydrogen (secondary N) is 1. The van der Waals surface area contributed by atoms with Gasteiger partial charge in [-0.15, -0.1) is 0 Å². The molecule has 8 heteroatoms. The fourth-order valence-corrected chi connectivity index (χ4v) is 3.42. The van der Waals surface area contributed by atoms with Crippen LogP contribution in [0.1, 0.15) is 36.0 Å². The van der Waals surface area contributed by atoms with Crippen molar-refractivity contribution >= 4 is 27.4 Å². The average molecular weight is 324 g/mol. The monoisotopic (exact) mass is 324 g/mol. The van der Waals surface area contributed by atoms with Gasteiger partial charge in [0, 0.05) is 17.9 Å². The number of sulfone groups is 1. The maximum absolute atomic E-state index is 12.0. The maximum Gasteiger partial charge on any atom is 0.280 e. The van der Waals surface area contributed by atoms with E-state index in [1.165, 1.54) is 12.1 Å². The number of rotatable bonds is 4. The second kappa shape index (κ2) is 6.35. The van der Waals surface area contributed by atoms with Crippen LogP contribution in [0.3, 0.4) is 0 Å². The molecule has 1 aromatic carbocycles. The van der Waals surface area contributed by atoms with Crippen LogP contribution in [0.2, 0.25) is 0 Å². The van der Waals surface area contributed by atoms with E-state index >= 15 is 0 Å². The van der Waals surface area contributed by atoms with Gasteiger partial charge >= 0.3 is 0 Å². The van der Waals surface area contributed by atoms with Gasteiger partial charge in [0.1, 0.15) is 0 Å². The van der Waals surface area contributed by atoms with Gasteiger partial charge in [0.05, 0.1) is 10.6 Å². The van der Waals surface area contributed by atoms with Crippen LogP contribution < -0.4 is 16.8 Å². The standard InChI is InChI=1S/C14H20N4O3S/c1-22(20,21)12-8-9(13(19)18-14(15)16)6-7-11(12)17-10-4-2-3-5-10/h6-8,10,17H,2-5H2,1H3,(H4,15,16,18,19). The summed E-state index contributed by atoms with van der Waals surface area (Å²) in [5.74, 6) is -1.03. The number of hydrogen-bond donors (Lipinski definition) is 3. The van der Waals surface area contributed by atoms with Gasteiger partial charge in [0.2, 0.25) is 0 Å². The number of hydrogen-bond acceptors (Lipinski definition) is 4. The molecule has 0 aromatic heterocycles. The van der Waals surface area contributed by atoms with Crippen molar-refractivity contribution in [3.63, 3.8) is 0 Å². The summed E-state index contributed by atoms with van der Waals surface area (Å²) < 4.78 is 24.0. The summed E-state index contributed by atoms with van der Waals surface area (Å²) in [6.07, 6.45) is 5.40. The molecule has 22 heavy (non-hydrogen) atoms. The van der Waals surface area contributed by atoms with Crippen molar-refractivity contribution in [3.8, 4) is 0 Å². The van der Waals surface area contributed by atoms with Crippen LogP contribution in [0.4, 0.5) is 5.69 Å². The number of nitrogens with two attached hydrogens (primary N) is 2. The molecule has 1 saturated carbocycles. The first-order valence-corrected chi connectivity index (χ1v) is 8.91. The van der Waals surface area contributed by atoms with Crippen molar-refractivity contribution in [2.45, 2.75) is 36.6 Å². The van der Waals surface area contributed by atoms with Crippen molar-refractivity contribution < 1.29 is 13.2 Å². The molecule has 7 nitrogen and oxygen atoms in total. The number of aliphatic imine (C=N–C) groups is 1. The highest BCUT2D eigenvalue weighted by atomic mass is 32.2. The largest absolute Gasteiger partial charge is 0.381 e. The molecule has 1 aliphatic rings. The quantitative estimate of drug-likeness (QED) is 0.556. The molecule has 0 bridgehead atoms. The molecule has 0 spiro atoms. The first-order valence-electron chi connectivity index (χ1n) is 7.02. The van der Waals surface area contributed by atoms with Gasteiger partial charge in [-0.2, -0.15) is 4.99 Å². The summed E-state index contributed by atoms with van der Waals surface area (Å²) in [6, 6.07) is 4.67. The van der Waals surface area contributed by atoms with Crippen LogP contribution >= 0.6 is 0 Å². The molecule has 0 heterocycles. The van der Waals surface area contributed by atoms with Gasteiger partial charge in [0.25, 0.3) is 5.91 Å². The molecular weight excluding hydrogens is 304 g/mol. The molecule has 0 radical (unpaired) electrons.